The number of amides is 1. The third-order valence-corrected chi connectivity index (χ3v) is 4.53. The smallest absolute Gasteiger partial charge is 0.273 e. The summed E-state index contributed by atoms with van der Waals surface area (Å²) in [5, 5.41) is 2.78. The lowest BCUT2D eigenvalue weighted by atomic mass is 10.1. The van der Waals surface area contributed by atoms with Crippen LogP contribution in [0.15, 0.2) is 23.7 Å². The van der Waals surface area contributed by atoms with Crippen LogP contribution in [0, 0.1) is 0 Å². The molecule has 3 rings (SSSR count). The van der Waals surface area contributed by atoms with Gasteiger partial charge in [-0.25, -0.2) is 4.98 Å². The predicted molar refractivity (Wildman–Crippen MR) is 78.7 cm³/mol. The van der Waals surface area contributed by atoms with Gasteiger partial charge in [0.2, 0.25) is 0 Å². The first-order chi connectivity index (χ1) is 9.79. The van der Waals surface area contributed by atoms with Crippen LogP contribution in [0.3, 0.4) is 0 Å². The average molecular weight is 290 g/mol. The van der Waals surface area contributed by atoms with Gasteiger partial charge in [-0.05, 0) is 31.5 Å². The number of hydrogen-bond acceptors (Lipinski definition) is 4. The van der Waals surface area contributed by atoms with Crippen molar-refractivity contribution in [3.8, 4) is 0 Å². The molecule has 1 atom stereocenters. The van der Waals surface area contributed by atoms with Crippen LogP contribution in [0.25, 0.3) is 0 Å². The van der Waals surface area contributed by atoms with Crippen molar-refractivity contribution >= 4 is 17.2 Å². The highest BCUT2D eigenvalue weighted by Gasteiger charge is 2.32. The first-order valence-electron chi connectivity index (χ1n) is 6.88. The molecule has 20 heavy (non-hydrogen) atoms. The summed E-state index contributed by atoms with van der Waals surface area (Å²) in [6.07, 6.45) is 4.68. The monoisotopic (exact) mass is 290 g/mol. The normalized spacial score (nSPS) is 18.6. The van der Waals surface area contributed by atoms with E-state index in [1.165, 1.54) is 11.3 Å². The number of aromatic nitrogens is 2. The topological polar surface area (TPSA) is 75.0 Å². The van der Waals surface area contributed by atoms with Crippen molar-refractivity contribution < 1.29 is 4.79 Å². The highest BCUT2D eigenvalue weighted by atomic mass is 32.1. The van der Waals surface area contributed by atoms with E-state index in [4.69, 9.17) is 5.73 Å². The minimum absolute atomic E-state index is 0.0293. The van der Waals surface area contributed by atoms with Gasteiger partial charge in [-0.3, -0.25) is 4.79 Å². The summed E-state index contributed by atoms with van der Waals surface area (Å²) >= 11 is 1.51. The lowest BCUT2D eigenvalue weighted by Gasteiger charge is -2.23. The molecule has 2 aromatic heterocycles. The maximum absolute atomic E-state index is 12.6. The van der Waals surface area contributed by atoms with E-state index < -0.39 is 0 Å². The average Bonchev–Trinajstić information content (AvgIpc) is 3.19. The summed E-state index contributed by atoms with van der Waals surface area (Å²) in [7, 11) is 0. The van der Waals surface area contributed by atoms with Gasteiger partial charge < -0.3 is 15.6 Å². The largest absolute Gasteiger partial charge is 0.363 e. The van der Waals surface area contributed by atoms with Crippen LogP contribution >= 0.6 is 11.3 Å². The number of H-pyrrole nitrogens is 1. The molecule has 0 spiro atoms. The van der Waals surface area contributed by atoms with Crippen molar-refractivity contribution in [1.82, 2.24) is 14.9 Å². The maximum atomic E-state index is 12.6. The molecule has 1 aliphatic heterocycles. The first kappa shape index (κ1) is 13.3. The summed E-state index contributed by atoms with van der Waals surface area (Å²) in [5.74, 6) is 0.0293. The lowest BCUT2D eigenvalue weighted by Crippen LogP contribution is -2.31. The summed E-state index contributed by atoms with van der Waals surface area (Å²) in [6.45, 7) is 1.36. The molecule has 3 heterocycles. The van der Waals surface area contributed by atoms with Crippen LogP contribution < -0.4 is 5.73 Å². The van der Waals surface area contributed by atoms with Gasteiger partial charge in [-0.1, -0.05) is 0 Å². The molecule has 5 nitrogen and oxygen atoms in total. The summed E-state index contributed by atoms with van der Waals surface area (Å²) < 4.78 is 0. The number of hydrogen-bond donors (Lipinski definition) is 2. The molecule has 1 fully saturated rings. The van der Waals surface area contributed by atoms with Gasteiger partial charge in [0, 0.05) is 30.2 Å². The fraction of sp³-hybridized carbons (Fsp3) is 0.429. The quantitative estimate of drug-likeness (QED) is 0.903. The third kappa shape index (κ3) is 2.48. The first-order valence-corrected chi connectivity index (χ1v) is 7.76. The maximum Gasteiger partial charge on any atom is 0.273 e. The van der Waals surface area contributed by atoms with Gasteiger partial charge in [0.1, 0.15) is 5.69 Å². The van der Waals surface area contributed by atoms with E-state index in [2.05, 4.69) is 9.97 Å². The Balaban J connectivity index is 1.78. The molecule has 0 saturated carbocycles. The second-order valence-electron chi connectivity index (χ2n) is 4.95. The van der Waals surface area contributed by atoms with E-state index in [0.717, 1.165) is 36.5 Å². The fourth-order valence-corrected chi connectivity index (χ4v) is 3.47. The van der Waals surface area contributed by atoms with Crippen molar-refractivity contribution in [3.05, 3.63) is 40.1 Å². The van der Waals surface area contributed by atoms with Gasteiger partial charge in [0.25, 0.3) is 5.91 Å². The molecule has 1 amide bonds. The number of nitrogens with zero attached hydrogens (tertiary/aromatic N) is 2. The zero-order valence-electron chi connectivity index (χ0n) is 11.2. The number of thiazole rings is 1. The molecule has 0 aromatic carbocycles. The molecular formula is C14H18N4OS. The van der Waals surface area contributed by atoms with Crippen LogP contribution in [0.1, 0.15) is 40.1 Å². The Hall–Kier alpha value is -1.66. The van der Waals surface area contributed by atoms with Crippen LogP contribution in [0.5, 0.6) is 0 Å². The molecule has 2 aromatic rings. The zero-order chi connectivity index (χ0) is 13.9. The number of rotatable bonds is 4. The van der Waals surface area contributed by atoms with E-state index in [1.54, 1.807) is 0 Å². The Bertz CT molecular complexity index is 578. The molecular weight excluding hydrogens is 272 g/mol. The van der Waals surface area contributed by atoms with E-state index in [9.17, 15) is 4.79 Å². The lowest BCUT2D eigenvalue weighted by molar-refractivity contribution is 0.0728. The number of nitrogens with two attached hydrogens (primary N) is 1. The predicted octanol–water partition coefficient (Wildman–Crippen LogP) is 1.95. The van der Waals surface area contributed by atoms with Crippen LogP contribution in [0.2, 0.25) is 0 Å². The molecule has 106 valence electrons. The van der Waals surface area contributed by atoms with Crippen molar-refractivity contribution in [1.29, 1.82) is 0 Å². The number of carbonyl (C=O) groups excluding carboxylic acids is 1. The van der Waals surface area contributed by atoms with Crippen molar-refractivity contribution in [2.75, 3.05) is 13.1 Å². The summed E-state index contributed by atoms with van der Waals surface area (Å²) in [6, 6.07) is 4.16. The molecule has 6 heteroatoms. The Morgan fingerprint density at radius 2 is 2.50 bits per heavy atom. The molecule has 0 radical (unpaired) electrons. The van der Waals surface area contributed by atoms with E-state index >= 15 is 0 Å². The zero-order valence-corrected chi connectivity index (χ0v) is 12.0. The second-order valence-corrected chi connectivity index (χ2v) is 5.89. The van der Waals surface area contributed by atoms with Gasteiger partial charge in [0.15, 0.2) is 0 Å². The Morgan fingerprint density at radius 3 is 3.25 bits per heavy atom. The van der Waals surface area contributed by atoms with Gasteiger partial charge in [-0.2, -0.15) is 0 Å². The number of likely N-dealkylation sites (tertiary alicyclic amines) is 1. The third-order valence-electron chi connectivity index (χ3n) is 3.62. The highest BCUT2D eigenvalue weighted by Crippen LogP contribution is 2.32. The minimum atomic E-state index is 0.0293. The Morgan fingerprint density at radius 1 is 1.60 bits per heavy atom. The standard InChI is InChI=1S/C14H18N4OS/c15-6-5-13-17-11(9-20-13)14(19)18-8-2-4-12(18)10-3-1-7-16-10/h1,3,7,9,12,16H,2,4-6,8,15H2. The Kier molecular flexibility index (Phi) is 3.84. The number of nitrogens with one attached hydrogen (secondary N) is 1. The highest BCUT2D eigenvalue weighted by molar-refractivity contribution is 7.09. The molecule has 1 aliphatic rings. The van der Waals surface area contributed by atoms with Crippen molar-refractivity contribution in [3.63, 3.8) is 0 Å². The van der Waals surface area contributed by atoms with E-state index in [0.29, 0.717) is 12.2 Å². The summed E-state index contributed by atoms with van der Waals surface area (Å²) in [4.78, 5) is 22.1. The van der Waals surface area contributed by atoms with E-state index in [-0.39, 0.29) is 11.9 Å². The fourth-order valence-electron chi connectivity index (χ4n) is 2.68. The molecule has 3 N–H and O–H groups in total. The Labute approximate surface area is 121 Å². The van der Waals surface area contributed by atoms with Gasteiger partial charge in [0.05, 0.1) is 11.0 Å². The number of carbonyl (C=O) groups is 1. The van der Waals surface area contributed by atoms with Gasteiger partial charge in [-0.15, -0.1) is 11.3 Å². The summed E-state index contributed by atoms with van der Waals surface area (Å²) in [5.41, 5.74) is 7.18. The van der Waals surface area contributed by atoms with Crippen molar-refractivity contribution in [2.45, 2.75) is 25.3 Å². The molecule has 0 aliphatic carbocycles. The van der Waals surface area contributed by atoms with Crippen LogP contribution in [-0.2, 0) is 6.42 Å². The van der Waals surface area contributed by atoms with Crippen LogP contribution in [-0.4, -0.2) is 33.9 Å². The minimum Gasteiger partial charge on any atom is -0.363 e. The van der Waals surface area contributed by atoms with Crippen LogP contribution in [0.4, 0.5) is 0 Å². The molecule has 0 bridgehead atoms. The van der Waals surface area contributed by atoms with Crippen molar-refractivity contribution in [2.24, 2.45) is 5.73 Å². The van der Waals surface area contributed by atoms with E-state index in [1.807, 2.05) is 28.6 Å². The number of aromatic amines is 1. The second kappa shape index (κ2) is 5.76. The molecule has 1 saturated heterocycles. The molecule has 1 unspecified atom stereocenters. The van der Waals surface area contributed by atoms with Gasteiger partial charge >= 0.3 is 0 Å². The SMILES string of the molecule is NCCc1nc(C(=O)N2CCCC2c2ccc[nH]2)cs1.